The van der Waals surface area contributed by atoms with Crippen molar-refractivity contribution < 1.29 is 14.7 Å². The molecular formula is C19H19N3O3S. The van der Waals surface area contributed by atoms with E-state index in [1.807, 2.05) is 53.9 Å². The maximum Gasteiger partial charge on any atom is 0.338 e. The summed E-state index contributed by atoms with van der Waals surface area (Å²) in [6.07, 6.45) is 3.17. The number of benzene rings is 1. The molecule has 134 valence electrons. The number of aromatic nitrogens is 1. The number of ether oxygens (including phenoxy) is 1. The number of carbonyl (C=O) groups excluding carboxylic acids is 1. The lowest BCUT2D eigenvalue weighted by Gasteiger charge is -2.20. The van der Waals surface area contributed by atoms with Crippen LogP contribution >= 0.6 is 11.3 Å². The second-order valence-corrected chi connectivity index (χ2v) is 6.73. The van der Waals surface area contributed by atoms with Gasteiger partial charge in [-0.3, -0.25) is 10.2 Å². The van der Waals surface area contributed by atoms with Gasteiger partial charge in [0.25, 0.3) is 0 Å². The van der Waals surface area contributed by atoms with Gasteiger partial charge in [0.2, 0.25) is 0 Å². The fourth-order valence-corrected chi connectivity index (χ4v) is 3.21. The van der Waals surface area contributed by atoms with Crippen LogP contribution in [0.5, 0.6) is 0 Å². The number of primary amides is 1. The van der Waals surface area contributed by atoms with Crippen molar-refractivity contribution in [1.82, 2.24) is 10.0 Å². The van der Waals surface area contributed by atoms with E-state index >= 15 is 0 Å². The molecule has 1 unspecified atom stereocenters. The summed E-state index contributed by atoms with van der Waals surface area (Å²) in [7, 11) is 0. The molecule has 0 bridgehead atoms. The highest BCUT2D eigenvalue weighted by Crippen LogP contribution is 2.28. The molecular weight excluding hydrogens is 350 g/mol. The maximum atomic E-state index is 11.0. The fourth-order valence-electron chi connectivity index (χ4n) is 2.58. The number of pyridine rings is 1. The summed E-state index contributed by atoms with van der Waals surface area (Å²) >= 11 is 1.64. The Morgan fingerprint density at radius 1 is 1.23 bits per heavy atom. The van der Waals surface area contributed by atoms with Crippen molar-refractivity contribution in [1.29, 1.82) is 0 Å². The third kappa shape index (κ3) is 4.66. The number of hydroxylamine groups is 2. The van der Waals surface area contributed by atoms with Crippen LogP contribution < -0.4 is 5.73 Å². The first kappa shape index (κ1) is 18.1. The molecule has 3 N–H and O–H groups in total. The van der Waals surface area contributed by atoms with Gasteiger partial charge in [0.05, 0.1) is 13.2 Å². The van der Waals surface area contributed by atoms with E-state index in [9.17, 15) is 10.0 Å². The van der Waals surface area contributed by atoms with Crippen LogP contribution in [0, 0.1) is 0 Å². The molecule has 0 saturated carbocycles. The van der Waals surface area contributed by atoms with Crippen molar-refractivity contribution >= 4 is 17.4 Å². The molecule has 0 fully saturated rings. The van der Waals surface area contributed by atoms with Crippen molar-refractivity contribution in [3.05, 3.63) is 87.9 Å². The number of nitrogens with zero attached hydrogens (tertiary/aromatic N) is 2. The number of hydrogen-bond acceptors (Lipinski definition) is 5. The summed E-state index contributed by atoms with van der Waals surface area (Å²) in [6.45, 7) is 0.489. The number of urea groups is 1. The molecule has 1 atom stereocenters. The van der Waals surface area contributed by atoms with Crippen LogP contribution in [0.3, 0.4) is 0 Å². The normalized spacial score (nSPS) is 11.9. The average Bonchev–Trinajstić information content (AvgIpc) is 3.16. The van der Waals surface area contributed by atoms with E-state index in [0.29, 0.717) is 11.7 Å². The minimum Gasteiger partial charge on any atom is -0.363 e. The zero-order chi connectivity index (χ0) is 18.4. The third-order valence-corrected chi connectivity index (χ3v) is 4.65. The van der Waals surface area contributed by atoms with Crippen molar-refractivity contribution in [2.24, 2.45) is 5.73 Å². The SMILES string of the molecule is NC(=O)N(O)Cc1cccc(C(OCc2cccs2)c2cccnc2)c1. The molecule has 0 aliphatic heterocycles. The summed E-state index contributed by atoms with van der Waals surface area (Å²) in [6, 6.07) is 14.4. The Morgan fingerprint density at radius 3 is 2.77 bits per heavy atom. The standard InChI is InChI=1S/C19H19N3O3S/c20-19(23)22(24)12-14-4-1-5-15(10-14)18(16-6-2-8-21-11-16)25-13-17-7-3-9-26-17/h1-11,18,24H,12-13H2,(H2,20,23). The van der Waals surface area contributed by atoms with Crippen molar-refractivity contribution in [3.63, 3.8) is 0 Å². The van der Waals surface area contributed by atoms with Gasteiger partial charge in [-0.1, -0.05) is 36.4 Å². The van der Waals surface area contributed by atoms with Crippen LogP contribution in [0.15, 0.2) is 66.3 Å². The lowest BCUT2D eigenvalue weighted by atomic mass is 10.0. The topological polar surface area (TPSA) is 88.7 Å². The van der Waals surface area contributed by atoms with Gasteiger partial charge in [-0.2, -0.15) is 0 Å². The second-order valence-electron chi connectivity index (χ2n) is 5.70. The number of amides is 2. The molecule has 6 nitrogen and oxygen atoms in total. The largest absolute Gasteiger partial charge is 0.363 e. The summed E-state index contributed by atoms with van der Waals surface area (Å²) in [5.41, 5.74) is 7.66. The predicted octanol–water partition coefficient (Wildman–Crippen LogP) is 3.72. The van der Waals surface area contributed by atoms with Gasteiger partial charge in [0, 0.05) is 22.8 Å². The molecule has 0 spiro atoms. The highest BCUT2D eigenvalue weighted by atomic mass is 32.1. The van der Waals surface area contributed by atoms with Crippen LogP contribution in [0.1, 0.15) is 27.7 Å². The highest BCUT2D eigenvalue weighted by molar-refractivity contribution is 7.09. The third-order valence-electron chi connectivity index (χ3n) is 3.80. The van der Waals surface area contributed by atoms with Gasteiger partial charge in [-0.25, -0.2) is 9.86 Å². The summed E-state index contributed by atoms with van der Waals surface area (Å²) in [5, 5.41) is 12.1. The first-order chi connectivity index (χ1) is 12.6. The first-order valence-electron chi connectivity index (χ1n) is 8.02. The van der Waals surface area contributed by atoms with Crippen LogP contribution in [-0.4, -0.2) is 21.3 Å². The molecule has 3 aromatic rings. The molecule has 1 aromatic carbocycles. The number of hydrogen-bond donors (Lipinski definition) is 2. The minimum absolute atomic E-state index is 0.00780. The molecule has 0 aliphatic carbocycles. The zero-order valence-electron chi connectivity index (χ0n) is 14.0. The molecule has 7 heteroatoms. The Kier molecular flexibility index (Phi) is 5.96. The Balaban J connectivity index is 1.85. The minimum atomic E-state index is -0.895. The van der Waals surface area contributed by atoms with E-state index in [-0.39, 0.29) is 12.6 Å². The molecule has 26 heavy (non-hydrogen) atoms. The van der Waals surface area contributed by atoms with Gasteiger partial charge < -0.3 is 10.5 Å². The van der Waals surface area contributed by atoms with Crippen LogP contribution in [0.25, 0.3) is 0 Å². The molecule has 2 heterocycles. The molecule has 0 saturated heterocycles. The smallest absolute Gasteiger partial charge is 0.338 e. The van der Waals surface area contributed by atoms with Gasteiger partial charge >= 0.3 is 6.03 Å². The Bertz CT molecular complexity index is 840. The molecule has 2 aromatic heterocycles. The molecule has 0 radical (unpaired) electrons. The Hall–Kier alpha value is -2.74. The van der Waals surface area contributed by atoms with E-state index in [1.54, 1.807) is 23.7 Å². The van der Waals surface area contributed by atoms with Crippen LogP contribution in [-0.2, 0) is 17.9 Å². The van der Waals surface area contributed by atoms with Gasteiger partial charge in [0.15, 0.2) is 0 Å². The van der Waals surface area contributed by atoms with Crippen molar-refractivity contribution in [3.8, 4) is 0 Å². The van der Waals surface area contributed by atoms with Gasteiger partial charge in [-0.05, 0) is 28.6 Å². The number of nitrogens with two attached hydrogens (primary N) is 1. The molecule has 2 amide bonds. The summed E-state index contributed by atoms with van der Waals surface area (Å²) in [4.78, 5) is 16.4. The van der Waals surface area contributed by atoms with E-state index < -0.39 is 6.03 Å². The Morgan fingerprint density at radius 2 is 2.08 bits per heavy atom. The number of rotatable bonds is 7. The maximum absolute atomic E-state index is 11.0. The van der Waals surface area contributed by atoms with E-state index in [1.165, 1.54) is 0 Å². The van der Waals surface area contributed by atoms with E-state index in [0.717, 1.165) is 21.6 Å². The quantitative estimate of drug-likeness (QED) is 0.491. The zero-order valence-corrected chi connectivity index (χ0v) is 14.8. The van der Waals surface area contributed by atoms with Gasteiger partial charge in [0.1, 0.15) is 6.10 Å². The Labute approximate surface area is 155 Å². The monoisotopic (exact) mass is 369 g/mol. The predicted molar refractivity (Wildman–Crippen MR) is 98.5 cm³/mol. The lowest BCUT2D eigenvalue weighted by molar-refractivity contribution is -0.0471. The average molecular weight is 369 g/mol. The summed E-state index contributed by atoms with van der Waals surface area (Å²) < 4.78 is 6.17. The first-order valence-corrected chi connectivity index (χ1v) is 8.90. The highest BCUT2D eigenvalue weighted by Gasteiger charge is 2.17. The van der Waals surface area contributed by atoms with E-state index in [4.69, 9.17) is 10.5 Å². The molecule has 3 rings (SSSR count). The van der Waals surface area contributed by atoms with Crippen LogP contribution in [0.4, 0.5) is 4.79 Å². The number of thiophene rings is 1. The van der Waals surface area contributed by atoms with E-state index in [2.05, 4.69) is 4.98 Å². The second kappa shape index (κ2) is 8.57. The number of carbonyl (C=O) groups is 1. The fraction of sp³-hybridized carbons (Fsp3) is 0.158. The van der Waals surface area contributed by atoms with Crippen molar-refractivity contribution in [2.45, 2.75) is 19.3 Å². The van der Waals surface area contributed by atoms with Gasteiger partial charge in [-0.15, -0.1) is 11.3 Å². The van der Waals surface area contributed by atoms with Crippen molar-refractivity contribution in [2.75, 3.05) is 0 Å². The van der Waals surface area contributed by atoms with Crippen LogP contribution in [0.2, 0.25) is 0 Å². The molecule has 0 aliphatic rings. The lowest BCUT2D eigenvalue weighted by Crippen LogP contribution is -2.32. The summed E-state index contributed by atoms with van der Waals surface area (Å²) in [5.74, 6) is 0.